The molecule has 29 heavy (non-hydrogen) atoms. The van der Waals surface area contributed by atoms with Crippen molar-refractivity contribution in [2.24, 2.45) is 4.99 Å². The summed E-state index contributed by atoms with van der Waals surface area (Å²) in [5, 5.41) is 8.15. The fourth-order valence-corrected chi connectivity index (χ4v) is 4.01. The lowest BCUT2D eigenvalue weighted by Gasteiger charge is -2.32. The number of hydrogen-bond acceptors (Lipinski definition) is 5. The topological polar surface area (TPSA) is 67.2 Å². The Morgan fingerprint density at radius 2 is 2.00 bits per heavy atom. The average Bonchev–Trinajstić information content (AvgIpc) is 3.45. The first-order valence-electron chi connectivity index (χ1n) is 10.2. The SMILES string of the molecule is CN=C(NCc1ccn(-c2ccc(OC)cc2)n1)N1CCC(N2CCOCC2)C1. The fourth-order valence-electron chi connectivity index (χ4n) is 4.01. The van der Waals surface area contributed by atoms with Crippen molar-refractivity contribution in [3.05, 3.63) is 42.2 Å². The van der Waals surface area contributed by atoms with Gasteiger partial charge in [-0.3, -0.25) is 9.89 Å². The Hall–Kier alpha value is -2.58. The summed E-state index contributed by atoms with van der Waals surface area (Å²) in [5.41, 5.74) is 1.99. The van der Waals surface area contributed by atoms with Crippen LogP contribution in [0.4, 0.5) is 0 Å². The third-order valence-corrected chi connectivity index (χ3v) is 5.65. The van der Waals surface area contributed by atoms with Crippen LogP contribution in [0.1, 0.15) is 12.1 Å². The van der Waals surface area contributed by atoms with Gasteiger partial charge in [-0.05, 0) is 36.8 Å². The average molecular weight is 399 g/mol. The van der Waals surface area contributed by atoms with E-state index < -0.39 is 0 Å². The van der Waals surface area contributed by atoms with Crippen LogP contribution in [0.15, 0.2) is 41.5 Å². The van der Waals surface area contributed by atoms with Gasteiger partial charge in [0.1, 0.15) is 5.75 Å². The van der Waals surface area contributed by atoms with E-state index in [2.05, 4.69) is 25.2 Å². The molecule has 1 atom stereocenters. The number of morpholine rings is 1. The minimum atomic E-state index is 0.590. The normalized spacial score (nSPS) is 20.8. The highest BCUT2D eigenvalue weighted by Crippen LogP contribution is 2.17. The molecule has 0 amide bonds. The number of hydrogen-bond donors (Lipinski definition) is 1. The van der Waals surface area contributed by atoms with E-state index in [1.54, 1.807) is 7.11 Å². The van der Waals surface area contributed by atoms with Gasteiger partial charge in [0.2, 0.25) is 0 Å². The van der Waals surface area contributed by atoms with Crippen molar-refractivity contribution >= 4 is 5.96 Å². The second-order valence-electron chi connectivity index (χ2n) is 7.39. The summed E-state index contributed by atoms with van der Waals surface area (Å²) in [4.78, 5) is 9.39. The number of nitrogens with zero attached hydrogens (tertiary/aromatic N) is 5. The van der Waals surface area contributed by atoms with Gasteiger partial charge in [-0.2, -0.15) is 5.10 Å². The zero-order valence-corrected chi connectivity index (χ0v) is 17.3. The standard InChI is InChI=1S/C21H30N6O2/c1-22-21(26-9-8-19(16-26)25-11-13-29-14-12-25)23-15-17-7-10-27(24-17)18-3-5-20(28-2)6-4-18/h3-7,10,19H,8-9,11-16H2,1-2H3,(H,22,23). The molecule has 0 radical (unpaired) electrons. The van der Waals surface area contributed by atoms with Gasteiger partial charge in [0.05, 0.1) is 38.2 Å². The number of guanidine groups is 1. The summed E-state index contributed by atoms with van der Waals surface area (Å²) in [5.74, 6) is 1.78. The monoisotopic (exact) mass is 398 g/mol. The molecule has 4 rings (SSSR count). The van der Waals surface area contributed by atoms with E-state index >= 15 is 0 Å². The van der Waals surface area contributed by atoms with Crippen LogP contribution < -0.4 is 10.1 Å². The highest BCUT2D eigenvalue weighted by molar-refractivity contribution is 5.80. The summed E-state index contributed by atoms with van der Waals surface area (Å²) in [6.07, 6.45) is 3.15. The van der Waals surface area contributed by atoms with E-state index in [1.807, 2.05) is 48.3 Å². The molecule has 1 unspecified atom stereocenters. The maximum Gasteiger partial charge on any atom is 0.194 e. The van der Waals surface area contributed by atoms with E-state index in [0.717, 1.165) is 62.5 Å². The van der Waals surface area contributed by atoms with Crippen molar-refractivity contribution < 1.29 is 9.47 Å². The van der Waals surface area contributed by atoms with Crippen molar-refractivity contribution in [1.29, 1.82) is 0 Å². The highest BCUT2D eigenvalue weighted by atomic mass is 16.5. The van der Waals surface area contributed by atoms with Crippen LogP contribution in [-0.2, 0) is 11.3 Å². The maximum atomic E-state index is 5.48. The molecule has 0 aliphatic carbocycles. The lowest BCUT2D eigenvalue weighted by molar-refractivity contribution is 0.0195. The molecule has 0 saturated carbocycles. The van der Waals surface area contributed by atoms with Crippen molar-refractivity contribution in [2.45, 2.75) is 19.0 Å². The van der Waals surface area contributed by atoms with Gasteiger partial charge in [-0.15, -0.1) is 0 Å². The van der Waals surface area contributed by atoms with Gasteiger partial charge in [0, 0.05) is 45.5 Å². The van der Waals surface area contributed by atoms with Gasteiger partial charge in [-0.1, -0.05) is 0 Å². The molecule has 2 aromatic rings. The van der Waals surface area contributed by atoms with Crippen molar-refractivity contribution in [2.75, 3.05) is 53.6 Å². The molecule has 0 spiro atoms. The lowest BCUT2D eigenvalue weighted by Crippen LogP contribution is -2.46. The summed E-state index contributed by atoms with van der Waals surface area (Å²) in [6.45, 7) is 6.46. The number of benzene rings is 1. The number of nitrogens with one attached hydrogen (secondary N) is 1. The van der Waals surface area contributed by atoms with Crippen molar-refractivity contribution in [3.63, 3.8) is 0 Å². The van der Waals surface area contributed by atoms with Gasteiger partial charge in [0.25, 0.3) is 0 Å². The molecule has 2 aliphatic heterocycles. The van der Waals surface area contributed by atoms with Crippen LogP contribution in [0, 0.1) is 0 Å². The number of aliphatic imine (C=N–C) groups is 1. The van der Waals surface area contributed by atoms with E-state index in [4.69, 9.17) is 9.47 Å². The molecular weight excluding hydrogens is 368 g/mol. The lowest BCUT2D eigenvalue weighted by atomic mass is 10.2. The largest absolute Gasteiger partial charge is 0.497 e. The molecule has 8 heteroatoms. The molecule has 2 aliphatic rings. The number of aromatic nitrogens is 2. The van der Waals surface area contributed by atoms with Gasteiger partial charge < -0.3 is 19.7 Å². The quantitative estimate of drug-likeness (QED) is 0.606. The predicted molar refractivity (Wildman–Crippen MR) is 113 cm³/mol. The Kier molecular flexibility index (Phi) is 6.31. The Morgan fingerprint density at radius 3 is 2.72 bits per heavy atom. The smallest absolute Gasteiger partial charge is 0.194 e. The number of methoxy groups -OCH3 is 1. The maximum absolute atomic E-state index is 5.48. The first kappa shape index (κ1) is 19.7. The predicted octanol–water partition coefficient (Wildman–Crippen LogP) is 1.36. The van der Waals surface area contributed by atoms with Crippen LogP contribution in [0.3, 0.4) is 0 Å². The minimum absolute atomic E-state index is 0.590. The Balaban J connectivity index is 1.31. The van der Waals surface area contributed by atoms with Gasteiger partial charge in [0.15, 0.2) is 5.96 Å². The first-order valence-corrected chi connectivity index (χ1v) is 10.2. The number of rotatable bonds is 5. The fraction of sp³-hybridized carbons (Fsp3) is 0.524. The van der Waals surface area contributed by atoms with Crippen LogP contribution in [0.25, 0.3) is 5.69 Å². The first-order chi connectivity index (χ1) is 14.3. The van der Waals surface area contributed by atoms with Crippen LogP contribution in [0.5, 0.6) is 5.75 Å². The zero-order chi connectivity index (χ0) is 20.1. The Bertz CT molecular complexity index is 813. The third-order valence-electron chi connectivity index (χ3n) is 5.65. The van der Waals surface area contributed by atoms with Crippen LogP contribution in [0.2, 0.25) is 0 Å². The molecule has 1 aromatic heterocycles. The Labute approximate surface area is 172 Å². The van der Waals surface area contributed by atoms with E-state index in [9.17, 15) is 0 Å². The summed E-state index contributed by atoms with van der Waals surface area (Å²) >= 11 is 0. The van der Waals surface area contributed by atoms with Crippen LogP contribution in [-0.4, -0.2) is 85.1 Å². The molecular formula is C21H30N6O2. The van der Waals surface area contributed by atoms with E-state index in [1.165, 1.54) is 6.42 Å². The molecule has 1 aromatic carbocycles. The molecule has 156 valence electrons. The molecule has 8 nitrogen and oxygen atoms in total. The van der Waals surface area contributed by atoms with Crippen molar-refractivity contribution in [3.8, 4) is 11.4 Å². The second kappa shape index (κ2) is 9.28. The van der Waals surface area contributed by atoms with Gasteiger partial charge >= 0.3 is 0 Å². The van der Waals surface area contributed by atoms with E-state index in [-0.39, 0.29) is 0 Å². The van der Waals surface area contributed by atoms with Crippen LogP contribution >= 0.6 is 0 Å². The highest BCUT2D eigenvalue weighted by Gasteiger charge is 2.30. The number of ether oxygens (including phenoxy) is 2. The van der Waals surface area contributed by atoms with Gasteiger partial charge in [-0.25, -0.2) is 4.68 Å². The molecule has 3 heterocycles. The molecule has 2 saturated heterocycles. The summed E-state index contributed by atoms with van der Waals surface area (Å²) in [7, 11) is 3.52. The van der Waals surface area contributed by atoms with Crippen molar-refractivity contribution in [1.82, 2.24) is 24.9 Å². The molecule has 1 N–H and O–H groups in total. The minimum Gasteiger partial charge on any atom is -0.497 e. The molecule has 2 fully saturated rings. The summed E-state index contributed by atoms with van der Waals surface area (Å²) in [6, 6.07) is 10.5. The second-order valence-corrected chi connectivity index (χ2v) is 7.39. The zero-order valence-electron chi connectivity index (χ0n) is 17.3. The number of likely N-dealkylation sites (tertiary alicyclic amines) is 1. The molecule has 0 bridgehead atoms. The van der Waals surface area contributed by atoms with E-state index in [0.29, 0.717) is 12.6 Å². The third kappa shape index (κ3) is 4.71. The summed E-state index contributed by atoms with van der Waals surface area (Å²) < 4.78 is 12.6. The Morgan fingerprint density at radius 1 is 1.21 bits per heavy atom.